The molecule has 3 nitrogen and oxygen atoms in total. The van der Waals surface area contributed by atoms with Crippen molar-refractivity contribution in [3.8, 4) is 0 Å². The van der Waals surface area contributed by atoms with E-state index in [1.165, 1.54) is 24.5 Å². The van der Waals surface area contributed by atoms with Gasteiger partial charge in [0.15, 0.2) is 0 Å². The molecular formula is C11H10N2O. The minimum Gasteiger partial charge on any atom is -0.321 e. The lowest BCUT2D eigenvalue weighted by Gasteiger charge is -1.99. The Kier molecular flexibility index (Phi) is 1.48. The molecule has 2 aromatic heterocycles. The maximum Gasteiger partial charge on any atom is 0.248 e. The van der Waals surface area contributed by atoms with Crippen LogP contribution < -0.4 is 5.56 Å². The third-order valence-corrected chi connectivity index (χ3v) is 2.64. The summed E-state index contributed by atoms with van der Waals surface area (Å²) in [6.45, 7) is 0. The fourth-order valence-corrected chi connectivity index (χ4v) is 1.69. The van der Waals surface area contributed by atoms with Gasteiger partial charge in [0.05, 0.1) is 11.0 Å². The Hall–Kier alpha value is -1.64. The van der Waals surface area contributed by atoms with E-state index in [9.17, 15) is 4.79 Å². The van der Waals surface area contributed by atoms with Crippen molar-refractivity contribution in [3.05, 3.63) is 40.3 Å². The van der Waals surface area contributed by atoms with Crippen LogP contribution in [0, 0.1) is 0 Å². The zero-order valence-corrected chi connectivity index (χ0v) is 7.66. The van der Waals surface area contributed by atoms with Crippen LogP contribution in [0.5, 0.6) is 0 Å². The van der Waals surface area contributed by atoms with Gasteiger partial charge in [0.25, 0.3) is 0 Å². The van der Waals surface area contributed by atoms with E-state index in [2.05, 4.69) is 9.97 Å². The quantitative estimate of drug-likeness (QED) is 0.738. The van der Waals surface area contributed by atoms with Gasteiger partial charge >= 0.3 is 0 Å². The van der Waals surface area contributed by atoms with Crippen molar-refractivity contribution in [1.29, 1.82) is 0 Å². The van der Waals surface area contributed by atoms with Gasteiger partial charge in [-0.15, -0.1) is 0 Å². The largest absolute Gasteiger partial charge is 0.321 e. The van der Waals surface area contributed by atoms with Gasteiger partial charge in [-0.25, -0.2) is 0 Å². The number of H-pyrrole nitrogens is 1. The molecular weight excluding hydrogens is 176 g/mol. The van der Waals surface area contributed by atoms with Crippen LogP contribution in [-0.2, 0) is 0 Å². The van der Waals surface area contributed by atoms with Crippen LogP contribution in [0.15, 0.2) is 29.2 Å². The zero-order valence-electron chi connectivity index (χ0n) is 7.66. The van der Waals surface area contributed by atoms with Crippen LogP contribution in [0.4, 0.5) is 0 Å². The molecule has 70 valence electrons. The summed E-state index contributed by atoms with van der Waals surface area (Å²) in [6.07, 6.45) is 4.42. The normalized spacial score (nSPS) is 16.0. The van der Waals surface area contributed by atoms with Crippen molar-refractivity contribution in [2.24, 2.45) is 0 Å². The van der Waals surface area contributed by atoms with Gasteiger partial charge < -0.3 is 4.98 Å². The first-order valence-electron chi connectivity index (χ1n) is 4.82. The Morgan fingerprint density at radius 2 is 2.21 bits per heavy atom. The summed E-state index contributed by atoms with van der Waals surface area (Å²) >= 11 is 0. The highest BCUT2D eigenvalue weighted by molar-refractivity contribution is 5.74. The maximum atomic E-state index is 11.1. The highest BCUT2D eigenvalue weighted by Gasteiger charge is 2.23. The van der Waals surface area contributed by atoms with E-state index < -0.39 is 0 Å². The summed E-state index contributed by atoms with van der Waals surface area (Å²) in [4.78, 5) is 18.2. The summed E-state index contributed by atoms with van der Waals surface area (Å²) in [5, 5.41) is 0. The average molecular weight is 186 g/mol. The topological polar surface area (TPSA) is 45.8 Å². The Morgan fingerprint density at radius 1 is 1.36 bits per heavy atom. The number of pyridine rings is 2. The molecule has 0 amide bonds. The van der Waals surface area contributed by atoms with E-state index in [0.717, 1.165) is 11.0 Å². The van der Waals surface area contributed by atoms with E-state index >= 15 is 0 Å². The van der Waals surface area contributed by atoms with Crippen molar-refractivity contribution in [2.45, 2.75) is 18.8 Å². The molecule has 0 unspecified atom stereocenters. The van der Waals surface area contributed by atoms with Crippen LogP contribution in [0.25, 0.3) is 11.0 Å². The summed E-state index contributed by atoms with van der Waals surface area (Å²) in [6, 6.07) is 5.30. The Bertz CT molecular complexity index is 540. The van der Waals surface area contributed by atoms with Gasteiger partial charge in [-0.05, 0) is 36.5 Å². The van der Waals surface area contributed by atoms with E-state index in [1.54, 1.807) is 6.07 Å². The number of nitrogens with zero attached hydrogens (tertiary/aromatic N) is 1. The molecule has 3 heteroatoms. The molecule has 0 aromatic carbocycles. The number of nitrogens with one attached hydrogen (secondary N) is 1. The summed E-state index contributed by atoms with van der Waals surface area (Å²) < 4.78 is 0. The highest BCUT2D eigenvalue weighted by atomic mass is 16.1. The van der Waals surface area contributed by atoms with Gasteiger partial charge in [-0.3, -0.25) is 9.78 Å². The Balaban J connectivity index is 2.25. The van der Waals surface area contributed by atoms with Crippen molar-refractivity contribution in [1.82, 2.24) is 9.97 Å². The number of aromatic amines is 1. The molecule has 1 fully saturated rings. The molecule has 0 saturated heterocycles. The molecule has 1 N–H and O–H groups in total. The van der Waals surface area contributed by atoms with Crippen LogP contribution in [0.2, 0.25) is 0 Å². The van der Waals surface area contributed by atoms with Crippen LogP contribution in [-0.4, -0.2) is 9.97 Å². The molecule has 0 aliphatic heterocycles. The lowest BCUT2D eigenvalue weighted by Crippen LogP contribution is -2.03. The molecule has 1 saturated carbocycles. The predicted octanol–water partition coefficient (Wildman–Crippen LogP) is 1.80. The number of fused-ring (bicyclic) bond motifs is 1. The second kappa shape index (κ2) is 2.67. The molecule has 2 aromatic rings. The van der Waals surface area contributed by atoms with Gasteiger partial charge in [0.2, 0.25) is 5.56 Å². The number of hydrogen-bond acceptors (Lipinski definition) is 2. The fourth-order valence-electron chi connectivity index (χ4n) is 1.69. The van der Waals surface area contributed by atoms with Crippen LogP contribution in [0.1, 0.15) is 24.3 Å². The second-order valence-corrected chi connectivity index (χ2v) is 3.80. The SMILES string of the molecule is O=c1ccc2ncc(C3CC3)cc2[nH]1. The molecule has 2 heterocycles. The minimum atomic E-state index is -0.0627. The predicted molar refractivity (Wildman–Crippen MR) is 54.3 cm³/mol. The van der Waals surface area contributed by atoms with Gasteiger partial charge in [0, 0.05) is 12.3 Å². The third-order valence-electron chi connectivity index (χ3n) is 2.64. The molecule has 1 aliphatic carbocycles. The molecule has 0 spiro atoms. The lowest BCUT2D eigenvalue weighted by molar-refractivity contribution is 1.10. The van der Waals surface area contributed by atoms with Crippen molar-refractivity contribution in [2.75, 3.05) is 0 Å². The number of rotatable bonds is 1. The standard InChI is InChI=1S/C11H10N2O/c14-11-4-3-9-10(13-11)5-8(6-12-9)7-1-2-7/h3-7H,1-2H2,(H,13,14). The van der Waals surface area contributed by atoms with Crippen molar-refractivity contribution in [3.63, 3.8) is 0 Å². The van der Waals surface area contributed by atoms with Crippen molar-refractivity contribution >= 4 is 11.0 Å². The number of aromatic nitrogens is 2. The molecule has 0 radical (unpaired) electrons. The lowest BCUT2D eigenvalue weighted by atomic mass is 10.1. The monoisotopic (exact) mass is 186 g/mol. The van der Waals surface area contributed by atoms with Crippen LogP contribution >= 0.6 is 0 Å². The fraction of sp³-hybridized carbons (Fsp3) is 0.273. The van der Waals surface area contributed by atoms with E-state index in [1.807, 2.05) is 12.3 Å². The smallest absolute Gasteiger partial charge is 0.248 e. The highest BCUT2D eigenvalue weighted by Crippen LogP contribution is 2.40. The summed E-state index contributed by atoms with van der Waals surface area (Å²) in [5.41, 5.74) is 2.89. The molecule has 14 heavy (non-hydrogen) atoms. The van der Waals surface area contributed by atoms with E-state index in [4.69, 9.17) is 0 Å². The summed E-state index contributed by atoms with van der Waals surface area (Å²) in [5.74, 6) is 0.676. The first-order valence-corrected chi connectivity index (χ1v) is 4.82. The minimum absolute atomic E-state index is 0.0627. The maximum absolute atomic E-state index is 11.1. The van der Waals surface area contributed by atoms with Gasteiger partial charge in [-0.2, -0.15) is 0 Å². The molecule has 1 aliphatic rings. The first-order chi connectivity index (χ1) is 6.83. The molecule has 0 atom stereocenters. The van der Waals surface area contributed by atoms with E-state index in [-0.39, 0.29) is 5.56 Å². The Labute approximate surface area is 80.8 Å². The zero-order chi connectivity index (χ0) is 9.54. The van der Waals surface area contributed by atoms with E-state index in [0.29, 0.717) is 5.92 Å². The first kappa shape index (κ1) is 7.74. The Morgan fingerprint density at radius 3 is 3.00 bits per heavy atom. The number of hydrogen-bond donors (Lipinski definition) is 1. The third kappa shape index (κ3) is 1.21. The average Bonchev–Trinajstić information content (AvgIpc) is 3.00. The molecule has 0 bridgehead atoms. The van der Waals surface area contributed by atoms with Crippen LogP contribution in [0.3, 0.4) is 0 Å². The second-order valence-electron chi connectivity index (χ2n) is 3.80. The van der Waals surface area contributed by atoms with Gasteiger partial charge in [-0.1, -0.05) is 0 Å². The van der Waals surface area contributed by atoms with Crippen molar-refractivity contribution < 1.29 is 0 Å². The summed E-state index contributed by atoms with van der Waals surface area (Å²) in [7, 11) is 0. The van der Waals surface area contributed by atoms with Gasteiger partial charge in [0.1, 0.15) is 0 Å². The molecule has 3 rings (SSSR count).